The molecule has 2 N–H and O–H groups in total. The van der Waals surface area contributed by atoms with Gasteiger partial charge < -0.3 is 19.9 Å². The van der Waals surface area contributed by atoms with Gasteiger partial charge in [0.25, 0.3) is 0 Å². The summed E-state index contributed by atoms with van der Waals surface area (Å²) in [4.78, 5) is 0. The molecule has 1 unspecified atom stereocenters. The highest BCUT2D eigenvalue weighted by Gasteiger charge is 2.11. The molecular formula is C15H22N2O3. The molecule has 1 aromatic carbocycles. The molecule has 0 amide bonds. The lowest BCUT2D eigenvalue weighted by atomic mass is 10.1. The predicted octanol–water partition coefficient (Wildman–Crippen LogP) is 2.16. The Bertz CT molecular complexity index is 443. The Morgan fingerprint density at radius 1 is 1.45 bits per heavy atom. The lowest BCUT2D eigenvalue weighted by Gasteiger charge is -2.16. The number of aliphatic hydroxyl groups is 1. The van der Waals surface area contributed by atoms with Gasteiger partial charge in [0.15, 0.2) is 0 Å². The zero-order valence-corrected chi connectivity index (χ0v) is 12.1. The Morgan fingerprint density at radius 2 is 2.25 bits per heavy atom. The summed E-state index contributed by atoms with van der Waals surface area (Å²) in [5, 5.41) is 21.9. The van der Waals surface area contributed by atoms with E-state index in [0.717, 1.165) is 12.8 Å². The predicted molar refractivity (Wildman–Crippen MR) is 77.9 cm³/mol. The first-order valence-electron chi connectivity index (χ1n) is 6.79. The summed E-state index contributed by atoms with van der Waals surface area (Å²) in [7, 11) is 1.55. The van der Waals surface area contributed by atoms with Crippen LogP contribution in [0.3, 0.4) is 0 Å². The Hall–Kier alpha value is -1.77. The van der Waals surface area contributed by atoms with Gasteiger partial charge in [0.2, 0.25) is 0 Å². The van der Waals surface area contributed by atoms with Crippen LogP contribution in [0.2, 0.25) is 0 Å². The van der Waals surface area contributed by atoms with E-state index in [1.807, 2.05) is 0 Å². The van der Waals surface area contributed by atoms with Crippen molar-refractivity contribution in [3.63, 3.8) is 0 Å². The van der Waals surface area contributed by atoms with Crippen LogP contribution in [0.5, 0.6) is 5.75 Å². The monoisotopic (exact) mass is 278 g/mol. The minimum absolute atomic E-state index is 0.282. The second kappa shape index (κ2) is 9.18. The highest BCUT2D eigenvalue weighted by molar-refractivity contribution is 5.66. The first-order valence-corrected chi connectivity index (χ1v) is 6.79. The second-order valence-electron chi connectivity index (χ2n) is 4.46. The summed E-state index contributed by atoms with van der Waals surface area (Å²) >= 11 is 0. The SMILES string of the molecule is CCCCOCC(O)CNc1c(C#N)cccc1OC. The molecule has 0 saturated heterocycles. The molecule has 5 nitrogen and oxygen atoms in total. The average molecular weight is 278 g/mol. The number of hydrogen-bond donors (Lipinski definition) is 2. The third kappa shape index (κ3) is 5.08. The molecule has 0 bridgehead atoms. The van der Waals surface area contributed by atoms with Crippen LogP contribution in [0.4, 0.5) is 5.69 Å². The quantitative estimate of drug-likeness (QED) is 0.677. The third-order valence-corrected chi connectivity index (χ3v) is 2.83. The van der Waals surface area contributed by atoms with Gasteiger partial charge in [-0.15, -0.1) is 0 Å². The number of methoxy groups -OCH3 is 1. The van der Waals surface area contributed by atoms with Crippen molar-refractivity contribution < 1.29 is 14.6 Å². The maximum absolute atomic E-state index is 9.83. The van der Waals surface area contributed by atoms with E-state index in [1.54, 1.807) is 25.3 Å². The van der Waals surface area contributed by atoms with Gasteiger partial charge >= 0.3 is 0 Å². The third-order valence-electron chi connectivity index (χ3n) is 2.83. The Kier molecular flexibility index (Phi) is 7.48. The Labute approximate surface area is 120 Å². The van der Waals surface area contributed by atoms with E-state index in [-0.39, 0.29) is 6.61 Å². The lowest BCUT2D eigenvalue weighted by Crippen LogP contribution is -2.25. The summed E-state index contributed by atoms with van der Waals surface area (Å²) < 4.78 is 10.6. The maximum Gasteiger partial charge on any atom is 0.143 e. The van der Waals surface area contributed by atoms with Crippen LogP contribution in [-0.4, -0.2) is 38.1 Å². The van der Waals surface area contributed by atoms with E-state index in [9.17, 15) is 5.11 Å². The number of para-hydroxylation sites is 1. The molecule has 0 spiro atoms. The molecule has 0 fully saturated rings. The fraction of sp³-hybridized carbons (Fsp3) is 0.533. The Morgan fingerprint density at radius 3 is 2.90 bits per heavy atom. The summed E-state index contributed by atoms with van der Waals surface area (Å²) in [6, 6.07) is 7.33. The first kappa shape index (κ1) is 16.3. The van der Waals surface area contributed by atoms with Gasteiger partial charge in [0.1, 0.15) is 11.8 Å². The van der Waals surface area contributed by atoms with Crippen LogP contribution in [0.1, 0.15) is 25.3 Å². The highest BCUT2D eigenvalue weighted by atomic mass is 16.5. The molecule has 0 aliphatic heterocycles. The van der Waals surface area contributed by atoms with Crippen LogP contribution in [0.25, 0.3) is 0 Å². The number of unbranched alkanes of at least 4 members (excludes halogenated alkanes) is 1. The largest absolute Gasteiger partial charge is 0.495 e. The molecule has 20 heavy (non-hydrogen) atoms. The van der Waals surface area contributed by atoms with Crippen molar-refractivity contribution in [3.05, 3.63) is 23.8 Å². The molecule has 110 valence electrons. The van der Waals surface area contributed by atoms with Gasteiger partial charge in [0.05, 0.1) is 31.1 Å². The van der Waals surface area contributed by atoms with Crippen molar-refractivity contribution >= 4 is 5.69 Å². The van der Waals surface area contributed by atoms with E-state index in [2.05, 4.69) is 18.3 Å². The van der Waals surface area contributed by atoms with E-state index >= 15 is 0 Å². The molecule has 0 aliphatic rings. The molecule has 0 radical (unpaired) electrons. The molecule has 1 atom stereocenters. The lowest BCUT2D eigenvalue weighted by molar-refractivity contribution is 0.0421. The van der Waals surface area contributed by atoms with Gasteiger partial charge in [-0.1, -0.05) is 19.4 Å². The fourth-order valence-corrected chi connectivity index (χ4v) is 1.72. The molecule has 0 aromatic heterocycles. The van der Waals surface area contributed by atoms with E-state index < -0.39 is 6.10 Å². The van der Waals surface area contributed by atoms with Gasteiger partial charge in [-0.2, -0.15) is 5.26 Å². The van der Waals surface area contributed by atoms with Crippen molar-refractivity contribution in [2.24, 2.45) is 0 Å². The second-order valence-corrected chi connectivity index (χ2v) is 4.46. The Balaban J connectivity index is 2.50. The topological polar surface area (TPSA) is 74.5 Å². The highest BCUT2D eigenvalue weighted by Crippen LogP contribution is 2.27. The number of nitrogens with one attached hydrogen (secondary N) is 1. The molecular weight excluding hydrogens is 256 g/mol. The van der Waals surface area contributed by atoms with E-state index in [0.29, 0.717) is 30.2 Å². The van der Waals surface area contributed by atoms with Crippen LogP contribution < -0.4 is 10.1 Å². The zero-order chi connectivity index (χ0) is 14.8. The number of ether oxygens (including phenoxy) is 2. The summed E-state index contributed by atoms with van der Waals surface area (Å²) in [5.74, 6) is 0.586. The van der Waals surface area contributed by atoms with Crippen molar-refractivity contribution in [1.82, 2.24) is 0 Å². The van der Waals surface area contributed by atoms with Gasteiger partial charge in [-0.05, 0) is 18.6 Å². The summed E-state index contributed by atoms with van der Waals surface area (Å²) in [6.07, 6.45) is 1.44. The molecule has 0 saturated carbocycles. The smallest absolute Gasteiger partial charge is 0.143 e. The molecule has 0 aliphatic carbocycles. The molecule has 5 heteroatoms. The van der Waals surface area contributed by atoms with Gasteiger partial charge in [-0.25, -0.2) is 0 Å². The molecule has 0 heterocycles. The molecule has 1 aromatic rings. The zero-order valence-electron chi connectivity index (χ0n) is 12.1. The van der Waals surface area contributed by atoms with Crippen molar-refractivity contribution in [3.8, 4) is 11.8 Å². The first-order chi connectivity index (χ1) is 9.72. The van der Waals surface area contributed by atoms with Crippen LogP contribution in [-0.2, 0) is 4.74 Å². The van der Waals surface area contributed by atoms with Crippen LogP contribution in [0.15, 0.2) is 18.2 Å². The van der Waals surface area contributed by atoms with E-state index in [4.69, 9.17) is 14.7 Å². The van der Waals surface area contributed by atoms with Gasteiger partial charge in [0, 0.05) is 13.2 Å². The standard InChI is InChI=1S/C15H22N2O3/c1-3-4-8-20-11-13(18)10-17-15-12(9-16)6-5-7-14(15)19-2/h5-7,13,17-18H,3-4,8,10-11H2,1-2H3. The number of nitrogens with zero attached hydrogens (tertiary/aromatic N) is 1. The van der Waals surface area contributed by atoms with E-state index in [1.165, 1.54) is 0 Å². The summed E-state index contributed by atoms with van der Waals surface area (Å²) in [5.41, 5.74) is 1.09. The number of aliphatic hydroxyl groups excluding tert-OH is 1. The normalized spacial score (nSPS) is 11.7. The number of anilines is 1. The minimum atomic E-state index is -0.622. The number of benzene rings is 1. The minimum Gasteiger partial charge on any atom is -0.495 e. The summed E-state index contributed by atoms with van der Waals surface area (Å²) in [6.45, 7) is 3.34. The van der Waals surface area contributed by atoms with Crippen molar-refractivity contribution in [2.45, 2.75) is 25.9 Å². The number of rotatable bonds is 9. The van der Waals surface area contributed by atoms with Gasteiger partial charge in [-0.3, -0.25) is 0 Å². The van der Waals surface area contributed by atoms with Crippen LogP contribution >= 0.6 is 0 Å². The van der Waals surface area contributed by atoms with Crippen LogP contribution in [0, 0.1) is 11.3 Å². The number of hydrogen-bond acceptors (Lipinski definition) is 5. The number of nitriles is 1. The average Bonchev–Trinajstić information content (AvgIpc) is 2.49. The maximum atomic E-state index is 9.83. The molecule has 1 rings (SSSR count). The van der Waals surface area contributed by atoms with Crippen molar-refractivity contribution in [1.29, 1.82) is 5.26 Å². The fourth-order valence-electron chi connectivity index (χ4n) is 1.72. The van der Waals surface area contributed by atoms with Crippen molar-refractivity contribution in [2.75, 3.05) is 32.2 Å².